The lowest BCUT2D eigenvalue weighted by Gasteiger charge is -2.41. The second kappa shape index (κ2) is 11.4. The first-order valence-electron chi connectivity index (χ1n) is 11.6. The van der Waals surface area contributed by atoms with Gasteiger partial charge in [-0.3, -0.25) is 0 Å². The SMILES string of the molecule is COc1ccc(COCC2=C(C3O[C@@H](CO)[C@H](O)[C@H](O)[C@H]3O)C(Cc3ccc(O)cc3)CO2)cc1. The molecular formula is C26H32O9. The van der Waals surface area contributed by atoms with E-state index in [0.29, 0.717) is 31.0 Å². The van der Waals surface area contributed by atoms with Crippen LogP contribution in [0, 0.1) is 5.92 Å². The number of hydrogen-bond donors (Lipinski definition) is 5. The van der Waals surface area contributed by atoms with Gasteiger partial charge in [-0.1, -0.05) is 24.3 Å². The number of aromatic hydroxyl groups is 1. The average molecular weight is 489 g/mol. The van der Waals surface area contributed by atoms with Crippen LogP contribution in [0.3, 0.4) is 0 Å². The molecule has 2 aromatic rings. The van der Waals surface area contributed by atoms with Crippen molar-refractivity contribution >= 4 is 0 Å². The number of rotatable bonds is 9. The van der Waals surface area contributed by atoms with E-state index in [-0.39, 0.29) is 18.3 Å². The summed E-state index contributed by atoms with van der Waals surface area (Å²) in [5.74, 6) is 1.19. The maximum atomic E-state index is 10.8. The summed E-state index contributed by atoms with van der Waals surface area (Å²) in [6, 6.07) is 14.3. The van der Waals surface area contributed by atoms with Gasteiger partial charge in [0.2, 0.25) is 0 Å². The Morgan fingerprint density at radius 3 is 2.23 bits per heavy atom. The normalized spacial score (nSPS) is 28.7. The average Bonchev–Trinajstić information content (AvgIpc) is 3.26. The molecule has 4 rings (SSSR count). The zero-order valence-electron chi connectivity index (χ0n) is 19.5. The van der Waals surface area contributed by atoms with Crippen LogP contribution in [0.15, 0.2) is 59.9 Å². The standard InChI is InChI=1S/C26H32O9/c1-32-19-8-4-16(5-9-19)12-33-14-21-22(26-25(31)24(30)23(29)20(11-27)35-26)17(13-34-21)10-15-2-6-18(28)7-3-15/h2-9,17,20,23-31H,10-14H2,1H3/t17?,20-,23-,24-,25+,26?/m0/s1. The van der Waals surface area contributed by atoms with Gasteiger partial charge in [-0.25, -0.2) is 0 Å². The Labute approximate surface area is 203 Å². The molecule has 0 amide bonds. The Balaban J connectivity index is 1.55. The minimum atomic E-state index is -1.49. The molecule has 2 aromatic carbocycles. The van der Waals surface area contributed by atoms with Crippen molar-refractivity contribution in [3.8, 4) is 11.5 Å². The lowest BCUT2D eigenvalue weighted by atomic mass is 9.83. The molecule has 9 heteroatoms. The molecule has 0 radical (unpaired) electrons. The summed E-state index contributed by atoms with van der Waals surface area (Å²) in [5.41, 5.74) is 2.52. The van der Waals surface area contributed by atoms with Crippen molar-refractivity contribution in [3.05, 3.63) is 71.0 Å². The highest BCUT2D eigenvalue weighted by molar-refractivity contribution is 5.31. The van der Waals surface area contributed by atoms with Crippen LogP contribution in [-0.4, -0.2) is 83.0 Å². The van der Waals surface area contributed by atoms with E-state index in [1.54, 1.807) is 31.4 Å². The van der Waals surface area contributed by atoms with Crippen LogP contribution < -0.4 is 4.74 Å². The number of methoxy groups -OCH3 is 1. The third-order valence-corrected chi connectivity index (χ3v) is 6.50. The molecule has 2 aliphatic rings. The second-order valence-corrected chi connectivity index (χ2v) is 8.85. The van der Waals surface area contributed by atoms with Gasteiger partial charge in [0.05, 0.1) is 26.9 Å². The summed E-state index contributed by atoms with van der Waals surface area (Å²) in [5, 5.41) is 50.6. The lowest BCUT2D eigenvalue weighted by molar-refractivity contribution is -0.220. The highest BCUT2D eigenvalue weighted by atomic mass is 16.6. The zero-order valence-corrected chi connectivity index (χ0v) is 19.5. The van der Waals surface area contributed by atoms with Gasteiger partial charge in [-0.15, -0.1) is 0 Å². The van der Waals surface area contributed by atoms with E-state index < -0.39 is 37.1 Å². The van der Waals surface area contributed by atoms with Crippen LogP contribution in [0.25, 0.3) is 0 Å². The number of hydrogen-bond acceptors (Lipinski definition) is 9. The van der Waals surface area contributed by atoms with Crippen molar-refractivity contribution in [1.82, 2.24) is 0 Å². The lowest BCUT2D eigenvalue weighted by Crippen LogP contribution is -2.59. The van der Waals surface area contributed by atoms with E-state index in [2.05, 4.69) is 0 Å². The molecule has 1 saturated heterocycles. The predicted molar refractivity (Wildman–Crippen MR) is 125 cm³/mol. The fourth-order valence-corrected chi connectivity index (χ4v) is 4.55. The Bertz CT molecular complexity index is 987. The van der Waals surface area contributed by atoms with Crippen LogP contribution in [0.2, 0.25) is 0 Å². The van der Waals surface area contributed by atoms with Gasteiger partial charge in [0.15, 0.2) is 0 Å². The summed E-state index contributed by atoms with van der Waals surface area (Å²) in [7, 11) is 1.60. The number of ether oxygens (including phenoxy) is 4. The molecule has 0 spiro atoms. The van der Waals surface area contributed by atoms with E-state index in [9.17, 15) is 25.5 Å². The minimum absolute atomic E-state index is 0.114. The topological polar surface area (TPSA) is 138 Å². The molecule has 35 heavy (non-hydrogen) atoms. The van der Waals surface area contributed by atoms with Crippen molar-refractivity contribution in [2.24, 2.45) is 5.92 Å². The third-order valence-electron chi connectivity index (χ3n) is 6.50. The number of benzene rings is 2. The monoisotopic (exact) mass is 488 g/mol. The van der Waals surface area contributed by atoms with Crippen molar-refractivity contribution in [2.45, 2.75) is 43.5 Å². The largest absolute Gasteiger partial charge is 0.508 e. The minimum Gasteiger partial charge on any atom is -0.508 e. The highest BCUT2D eigenvalue weighted by Gasteiger charge is 2.48. The molecule has 0 saturated carbocycles. The van der Waals surface area contributed by atoms with Gasteiger partial charge in [-0.05, 0) is 41.8 Å². The Kier molecular flexibility index (Phi) is 8.27. The summed E-state index contributed by atoms with van der Waals surface area (Å²) in [4.78, 5) is 0. The third kappa shape index (κ3) is 5.78. The van der Waals surface area contributed by atoms with Crippen molar-refractivity contribution in [2.75, 3.05) is 26.9 Å². The van der Waals surface area contributed by atoms with E-state index in [1.807, 2.05) is 24.3 Å². The predicted octanol–water partition coefficient (Wildman–Crippen LogP) is 0.903. The van der Waals surface area contributed by atoms with E-state index in [4.69, 9.17) is 18.9 Å². The van der Waals surface area contributed by atoms with Crippen molar-refractivity contribution in [1.29, 1.82) is 0 Å². The molecule has 6 atom stereocenters. The highest BCUT2D eigenvalue weighted by Crippen LogP contribution is 2.37. The molecule has 2 heterocycles. The van der Waals surface area contributed by atoms with E-state index in [1.165, 1.54) is 0 Å². The van der Waals surface area contributed by atoms with Crippen LogP contribution >= 0.6 is 0 Å². The zero-order chi connectivity index (χ0) is 24.9. The molecule has 0 aromatic heterocycles. The first-order chi connectivity index (χ1) is 16.9. The van der Waals surface area contributed by atoms with Gasteiger partial charge in [-0.2, -0.15) is 0 Å². The summed E-state index contributed by atoms with van der Waals surface area (Å²) in [6.45, 7) is 0.234. The van der Waals surface area contributed by atoms with Crippen LogP contribution in [0.4, 0.5) is 0 Å². The molecule has 2 aliphatic heterocycles. The number of phenolic OH excluding ortho intramolecular Hbond substituents is 1. The molecule has 5 N–H and O–H groups in total. The second-order valence-electron chi connectivity index (χ2n) is 8.85. The molecule has 0 bridgehead atoms. The van der Waals surface area contributed by atoms with Gasteiger partial charge in [0.25, 0.3) is 0 Å². The molecule has 1 fully saturated rings. The van der Waals surface area contributed by atoms with Gasteiger partial charge in [0.1, 0.15) is 54.4 Å². The van der Waals surface area contributed by atoms with Gasteiger partial charge in [0, 0.05) is 11.5 Å². The number of aliphatic hydroxyl groups is 4. The number of phenols is 1. The fourth-order valence-electron chi connectivity index (χ4n) is 4.55. The summed E-state index contributed by atoms with van der Waals surface area (Å²) < 4.78 is 22.9. The molecule has 190 valence electrons. The number of aliphatic hydroxyl groups excluding tert-OH is 4. The quantitative estimate of drug-likeness (QED) is 0.349. The van der Waals surface area contributed by atoms with Gasteiger partial charge < -0.3 is 44.5 Å². The van der Waals surface area contributed by atoms with E-state index >= 15 is 0 Å². The molecular weight excluding hydrogens is 456 g/mol. The first kappa shape index (κ1) is 25.4. The van der Waals surface area contributed by atoms with E-state index in [0.717, 1.165) is 16.9 Å². The van der Waals surface area contributed by atoms with Crippen LogP contribution in [-0.2, 0) is 27.2 Å². The molecule has 2 unspecified atom stereocenters. The van der Waals surface area contributed by atoms with Crippen molar-refractivity contribution in [3.63, 3.8) is 0 Å². The Hall–Kier alpha value is -2.66. The summed E-state index contributed by atoms with van der Waals surface area (Å²) in [6.07, 6.45) is -5.83. The fraction of sp³-hybridized carbons (Fsp3) is 0.462. The van der Waals surface area contributed by atoms with Crippen molar-refractivity contribution < 1.29 is 44.5 Å². The van der Waals surface area contributed by atoms with Crippen LogP contribution in [0.5, 0.6) is 11.5 Å². The molecule has 9 nitrogen and oxygen atoms in total. The smallest absolute Gasteiger partial charge is 0.124 e. The molecule has 0 aliphatic carbocycles. The maximum Gasteiger partial charge on any atom is 0.124 e. The Morgan fingerprint density at radius 2 is 1.57 bits per heavy atom. The van der Waals surface area contributed by atoms with Crippen LogP contribution in [0.1, 0.15) is 11.1 Å². The Morgan fingerprint density at radius 1 is 0.886 bits per heavy atom. The summed E-state index contributed by atoms with van der Waals surface area (Å²) >= 11 is 0. The van der Waals surface area contributed by atoms with Gasteiger partial charge >= 0.3 is 0 Å². The maximum absolute atomic E-state index is 10.8. The first-order valence-corrected chi connectivity index (χ1v) is 11.6.